The van der Waals surface area contributed by atoms with E-state index in [0.717, 1.165) is 24.9 Å². The van der Waals surface area contributed by atoms with Crippen LogP contribution >= 0.6 is 0 Å². The maximum atomic E-state index is 13.0. The van der Waals surface area contributed by atoms with Gasteiger partial charge >= 0.3 is 0 Å². The summed E-state index contributed by atoms with van der Waals surface area (Å²) in [5.41, 5.74) is 0.919. The summed E-state index contributed by atoms with van der Waals surface area (Å²) in [6, 6.07) is 4.77. The molecule has 0 amide bonds. The average molecular weight is 211 g/mol. The van der Waals surface area contributed by atoms with E-state index in [4.69, 9.17) is 0 Å². The molecule has 0 radical (unpaired) electrons. The van der Waals surface area contributed by atoms with Crippen molar-refractivity contribution in [3.63, 3.8) is 0 Å². The van der Waals surface area contributed by atoms with E-state index >= 15 is 0 Å². The quantitative estimate of drug-likeness (QED) is 0.810. The van der Waals surface area contributed by atoms with Crippen LogP contribution in [0, 0.1) is 11.6 Å². The van der Waals surface area contributed by atoms with Crippen molar-refractivity contribution >= 4 is 0 Å². The second-order valence-corrected chi connectivity index (χ2v) is 4.10. The van der Waals surface area contributed by atoms with Gasteiger partial charge in [0, 0.05) is 6.04 Å². The van der Waals surface area contributed by atoms with Crippen molar-refractivity contribution in [3.8, 4) is 0 Å². The van der Waals surface area contributed by atoms with Gasteiger partial charge in [-0.25, -0.2) is 8.78 Å². The van der Waals surface area contributed by atoms with E-state index in [1.807, 2.05) is 0 Å². The number of benzene rings is 1. The van der Waals surface area contributed by atoms with Gasteiger partial charge in [0.2, 0.25) is 0 Å². The third-order valence-electron chi connectivity index (χ3n) is 3.05. The van der Waals surface area contributed by atoms with Gasteiger partial charge in [0.1, 0.15) is 0 Å². The Morgan fingerprint density at radius 2 is 2.00 bits per heavy atom. The van der Waals surface area contributed by atoms with E-state index in [2.05, 4.69) is 12.2 Å². The molecule has 1 aromatic carbocycles. The summed E-state index contributed by atoms with van der Waals surface area (Å²) >= 11 is 0. The van der Waals surface area contributed by atoms with Gasteiger partial charge in [0.25, 0.3) is 0 Å². The molecule has 1 nitrogen and oxygen atoms in total. The zero-order chi connectivity index (χ0) is 10.8. The fourth-order valence-electron chi connectivity index (χ4n) is 2.11. The van der Waals surface area contributed by atoms with Crippen molar-refractivity contribution in [2.45, 2.75) is 31.7 Å². The largest absolute Gasteiger partial charge is 0.314 e. The van der Waals surface area contributed by atoms with Crippen LogP contribution in [0.25, 0.3) is 0 Å². The van der Waals surface area contributed by atoms with Crippen LogP contribution < -0.4 is 5.32 Å². The van der Waals surface area contributed by atoms with E-state index in [1.165, 1.54) is 12.1 Å². The normalized spacial score (nSPS) is 25.0. The summed E-state index contributed by atoms with van der Waals surface area (Å²) in [6.45, 7) is 3.04. The predicted molar refractivity (Wildman–Crippen MR) is 55.8 cm³/mol. The minimum absolute atomic E-state index is 0.393. The monoisotopic (exact) mass is 211 g/mol. The second-order valence-electron chi connectivity index (χ2n) is 4.10. The minimum Gasteiger partial charge on any atom is -0.314 e. The Labute approximate surface area is 88.5 Å². The Morgan fingerprint density at radius 1 is 1.27 bits per heavy atom. The second kappa shape index (κ2) is 4.27. The molecule has 0 saturated heterocycles. The smallest absolute Gasteiger partial charge is 0.159 e. The molecule has 0 atom stereocenters. The fourth-order valence-corrected chi connectivity index (χ4v) is 2.11. The van der Waals surface area contributed by atoms with E-state index in [-0.39, 0.29) is 0 Å². The lowest BCUT2D eigenvalue weighted by Gasteiger charge is -2.36. The van der Waals surface area contributed by atoms with E-state index in [0.29, 0.717) is 12.0 Å². The number of hydrogen-bond donors (Lipinski definition) is 1. The summed E-state index contributed by atoms with van der Waals surface area (Å²) in [4.78, 5) is 0. The first-order chi connectivity index (χ1) is 7.20. The lowest BCUT2D eigenvalue weighted by molar-refractivity contribution is 0.295. The zero-order valence-corrected chi connectivity index (χ0v) is 8.76. The third kappa shape index (κ3) is 2.17. The fraction of sp³-hybridized carbons (Fsp3) is 0.500. The van der Waals surface area contributed by atoms with E-state index < -0.39 is 11.6 Å². The van der Waals surface area contributed by atoms with Gasteiger partial charge in [0.05, 0.1) is 0 Å². The summed E-state index contributed by atoms with van der Waals surface area (Å²) in [5.74, 6) is -1.11. The molecule has 82 valence electrons. The van der Waals surface area contributed by atoms with Gasteiger partial charge in [-0.1, -0.05) is 13.0 Å². The summed E-state index contributed by atoms with van der Waals surface area (Å²) in [5, 5.41) is 3.34. The van der Waals surface area contributed by atoms with Gasteiger partial charge < -0.3 is 5.32 Å². The Balaban J connectivity index is 1.98. The van der Waals surface area contributed by atoms with Crippen molar-refractivity contribution < 1.29 is 8.78 Å². The highest BCUT2D eigenvalue weighted by molar-refractivity contribution is 5.24. The van der Waals surface area contributed by atoms with Crippen LogP contribution in [0.4, 0.5) is 8.78 Å². The summed E-state index contributed by atoms with van der Waals surface area (Å²) < 4.78 is 25.6. The molecule has 0 unspecified atom stereocenters. The molecule has 3 heteroatoms. The molecular weight excluding hydrogens is 196 g/mol. The first-order valence-corrected chi connectivity index (χ1v) is 5.39. The Bertz CT molecular complexity index is 345. The molecule has 2 rings (SSSR count). The molecule has 1 aliphatic rings. The third-order valence-corrected chi connectivity index (χ3v) is 3.05. The molecule has 0 heterocycles. The number of halogens is 2. The van der Waals surface area contributed by atoms with E-state index in [1.54, 1.807) is 6.07 Å². The standard InChI is InChI=1S/C12H15F2N/c1-2-15-10-5-9(6-10)8-3-4-11(13)12(14)7-8/h3-4,7,9-10,15H,2,5-6H2,1H3. The van der Waals surface area contributed by atoms with Crippen molar-refractivity contribution in [2.24, 2.45) is 0 Å². The maximum Gasteiger partial charge on any atom is 0.159 e. The molecule has 0 aliphatic heterocycles. The summed E-state index contributed by atoms with van der Waals surface area (Å²) in [6.07, 6.45) is 2.05. The highest BCUT2D eigenvalue weighted by atomic mass is 19.2. The van der Waals surface area contributed by atoms with Gasteiger partial charge in [-0.05, 0) is 43.0 Å². The van der Waals surface area contributed by atoms with Crippen LogP contribution in [0.1, 0.15) is 31.2 Å². The number of nitrogens with one attached hydrogen (secondary N) is 1. The zero-order valence-electron chi connectivity index (χ0n) is 8.76. The minimum atomic E-state index is -0.763. The molecule has 0 bridgehead atoms. The Kier molecular flexibility index (Phi) is 3.00. The Morgan fingerprint density at radius 3 is 2.60 bits per heavy atom. The first-order valence-electron chi connectivity index (χ1n) is 5.39. The van der Waals surface area contributed by atoms with Crippen LogP contribution in [-0.4, -0.2) is 12.6 Å². The number of rotatable bonds is 3. The van der Waals surface area contributed by atoms with Crippen molar-refractivity contribution in [1.82, 2.24) is 5.32 Å². The lowest BCUT2D eigenvalue weighted by Crippen LogP contribution is -2.39. The van der Waals surface area contributed by atoms with Crippen LogP contribution in [0.2, 0.25) is 0 Å². The van der Waals surface area contributed by atoms with Gasteiger partial charge in [-0.2, -0.15) is 0 Å². The molecule has 1 fully saturated rings. The molecule has 1 aliphatic carbocycles. The van der Waals surface area contributed by atoms with Crippen LogP contribution in [0.5, 0.6) is 0 Å². The Hall–Kier alpha value is -0.960. The van der Waals surface area contributed by atoms with Gasteiger partial charge in [0.15, 0.2) is 11.6 Å². The van der Waals surface area contributed by atoms with Crippen molar-refractivity contribution in [2.75, 3.05) is 6.54 Å². The molecule has 1 N–H and O–H groups in total. The SMILES string of the molecule is CCNC1CC(c2ccc(F)c(F)c2)C1. The number of hydrogen-bond acceptors (Lipinski definition) is 1. The van der Waals surface area contributed by atoms with Crippen molar-refractivity contribution in [3.05, 3.63) is 35.4 Å². The molecular formula is C12H15F2N. The highest BCUT2D eigenvalue weighted by Gasteiger charge is 2.29. The average Bonchev–Trinajstić information content (AvgIpc) is 2.16. The molecule has 0 aromatic heterocycles. The highest BCUT2D eigenvalue weighted by Crippen LogP contribution is 2.37. The van der Waals surface area contributed by atoms with Crippen LogP contribution in [0.3, 0.4) is 0 Å². The topological polar surface area (TPSA) is 12.0 Å². The van der Waals surface area contributed by atoms with Crippen molar-refractivity contribution in [1.29, 1.82) is 0 Å². The predicted octanol–water partition coefficient (Wildman–Crippen LogP) is 2.82. The lowest BCUT2D eigenvalue weighted by atomic mass is 9.76. The molecule has 1 aromatic rings. The van der Waals surface area contributed by atoms with Crippen LogP contribution in [-0.2, 0) is 0 Å². The van der Waals surface area contributed by atoms with E-state index in [9.17, 15) is 8.78 Å². The first kappa shape index (κ1) is 10.6. The molecule has 0 spiro atoms. The molecule has 1 saturated carbocycles. The van der Waals surface area contributed by atoms with Crippen LogP contribution in [0.15, 0.2) is 18.2 Å². The summed E-state index contributed by atoms with van der Waals surface area (Å²) in [7, 11) is 0. The maximum absolute atomic E-state index is 13.0. The van der Waals surface area contributed by atoms with Gasteiger partial charge in [-0.15, -0.1) is 0 Å². The molecule has 15 heavy (non-hydrogen) atoms. The van der Waals surface area contributed by atoms with Gasteiger partial charge in [-0.3, -0.25) is 0 Å².